The van der Waals surface area contributed by atoms with Crippen LogP contribution in [0.5, 0.6) is 0 Å². The Balaban J connectivity index is 2.26. The quantitative estimate of drug-likeness (QED) is 0.505. The molecule has 0 aliphatic carbocycles. The number of benzene rings is 2. The standard InChI is InChI=1S/C14H11F3N2O/c15-14(16,17)12-7-5-10(6-8-12)9-1-3-11(4-2-9)13(20)19-18/h1-8H,18H2,(H,19,20). The topological polar surface area (TPSA) is 55.1 Å². The molecule has 0 unspecified atom stereocenters. The van der Waals surface area contributed by atoms with E-state index in [0.29, 0.717) is 16.7 Å². The lowest BCUT2D eigenvalue weighted by molar-refractivity contribution is -0.137. The van der Waals surface area contributed by atoms with E-state index in [9.17, 15) is 18.0 Å². The van der Waals surface area contributed by atoms with Crippen LogP contribution in [-0.2, 0) is 6.18 Å². The van der Waals surface area contributed by atoms with Gasteiger partial charge in [-0.05, 0) is 35.4 Å². The van der Waals surface area contributed by atoms with Gasteiger partial charge in [-0.25, -0.2) is 5.84 Å². The van der Waals surface area contributed by atoms with E-state index in [1.165, 1.54) is 12.1 Å². The molecule has 0 aliphatic heterocycles. The van der Waals surface area contributed by atoms with Gasteiger partial charge in [0.1, 0.15) is 0 Å². The van der Waals surface area contributed by atoms with Gasteiger partial charge in [0, 0.05) is 5.56 Å². The number of amides is 1. The monoisotopic (exact) mass is 280 g/mol. The van der Waals surface area contributed by atoms with Crippen LogP contribution < -0.4 is 11.3 Å². The van der Waals surface area contributed by atoms with Crippen LogP contribution >= 0.6 is 0 Å². The van der Waals surface area contributed by atoms with E-state index < -0.39 is 17.6 Å². The van der Waals surface area contributed by atoms with Crippen molar-refractivity contribution in [2.45, 2.75) is 6.18 Å². The molecule has 1 amide bonds. The Morgan fingerprint density at radius 3 is 1.75 bits per heavy atom. The van der Waals surface area contributed by atoms with Crippen LogP contribution in [0.2, 0.25) is 0 Å². The summed E-state index contributed by atoms with van der Waals surface area (Å²) in [5.41, 5.74) is 3.04. The third kappa shape index (κ3) is 2.97. The highest BCUT2D eigenvalue weighted by Gasteiger charge is 2.29. The van der Waals surface area contributed by atoms with E-state index in [1.54, 1.807) is 24.3 Å². The predicted octanol–water partition coefficient (Wildman–Crippen LogP) is 2.98. The van der Waals surface area contributed by atoms with Crippen LogP contribution in [0.15, 0.2) is 48.5 Å². The SMILES string of the molecule is NNC(=O)c1ccc(-c2ccc(C(F)(F)F)cc2)cc1. The molecule has 2 rings (SSSR count). The number of alkyl halides is 3. The summed E-state index contributed by atoms with van der Waals surface area (Å²) in [6, 6.07) is 11.2. The summed E-state index contributed by atoms with van der Waals surface area (Å²) in [5.74, 6) is 4.58. The molecule has 2 aromatic carbocycles. The van der Waals surface area contributed by atoms with Crippen LogP contribution in [-0.4, -0.2) is 5.91 Å². The molecular formula is C14H11F3N2O. The molecule has 2 aromatic rings. The second-order valence-electron chi connectivity index (χ2n) is 4.13. The largest absolute Gasteiger partial charge is 0.416 e. The van der Waals surface area contributed by atoms with Gasteiger partial charge in [-0.2, -0.15) is 13.2 Å². The number of halogens is 3. The molecule has 0 aliphatic rings. The van der Waals surface area contributed by atoms with Crippen LogP contribution in [0.1, 0.15) is 15.9 Å². The maximum Gasteiger partial charge on any atom is 0.416 e. The summed E-state index contributed by atoms with van der Waals surface area (Å²) in [6.07, 6.45) is -4.35. The Morgan fingerprint density at radius 2 is 1.35 bits per heavy atom. The lowest BCUT2D eigenvalue weighted by atomic mass is 10.0. The smallest absolute Gasteiger partial charge is 0.290 e. The van der Waals surface area contributed by atoms with Crippen molar-refractivity contribution in [1.29, 1.82) is 0 Å². The highest BCUT2D eigenvalue weighted by atomic mass is 19.4. The van der Waals surface area contributed by atoms with Crippen molar-refractivity contribution in [3.8, 4) is 11.1 Å². The van der Waals surface area contributed by atoms with Crippen LogP contribution in [0.25, 0.3) is 11.1 Å². The Hall–Kier alpha value is -2.34. The number of carbonyl (C=O) groups excluding carboxylic acids is 1. The van der Waals surface area contributed by atoms with Crippen molar-refractivity contribution in [2.75, 3.05) is 0 Å². The molecule has 0 aromatic heterocycles. The summed E-state index contributed by atoms with van der Waals surface area (Å²) in [6.45, 7) is 0. The normalized spacial score (nSPS) is 11.2. The van der Waals surface area contributed by atoms with E-state index in [2.05, 4.69) is 0 Å². The molecule has 0 radical (unpaired) electrons. The Kier molecular flexibility index (Phi) is 3.76. The Labute approximate surface area is 113 Å². The van der Waals surface area contributed by atoms with Gasteiger partial charge in [0.25, 0.3) is 5.91 Å². The molecule has 0 spiro atoms. The van der Waals surface area contributed by atoms with E-state index in [0.717, 1.165) is 12.1 Å². The number of nitrogens with two attached hydrogens (primary N) is 1. The van der Waals surface area contributed by atoms with Gasteiger partial charge in [-0.15, -0.1) is 0 Å². The van der Waals surface area contributed by atoms with Gasteiger partial charge in [-0.1, -0.05) is 24.3 Å². The second-order valence-corrected chi connectivity index (χ2v) is 4.13. The van der Waals surface area contributed by atoms with Crippen molar-refractivity contribution in [3.63, 3.8) is 0 Å². The van der Waals surface area contributed by atoms with Gasteiger partial charge < -0.3 is 0 Å². The molecule has 0 atom stereocenters. The zero-order valence-electron chi connectivity index (χ0n) is 10.2. The molecule has 6 heteroatoms. The number of hydrazine groups is 1. The molecule has 0 bridgehead atoms. The fourth-order valence-electron chi connectivity index (χ4n) is 1.75. The molecular weight excluding hydrogens is 269 g/mol. The number of rotatable bonds is 2. The van der Waals surface area contributed by atoms with Gasteiger partial charge in [0.15, 0.2) is 0 Å². The lowest BCUT2D eigenvalue weighted by Gasteiger charge is -2.08. The maximum atomic E-state index is 12.4. The lowest BCUT2D eigenvalue weighted by Crippen LogP contribution is -2.29. The first kappa shape index (κ1) is 14.1. The van der Waals surface area contributed by atoms with Gasteiger partial charge in [-0.3, -0.25) is 10.2 Å². The minimum Gasteiger partial charge on any atom is -0.290 e. The highest BCUT2D eigenvalue weighted by Crippen LogP contribution is 2.30. The zero-order valence-corrected chi connectivity index (χ0v) is 10.2. The number of hydrogen-bond donors (Lipinski definition) is 2. The number of hydrogen-bond acceptors (Lipinski definition) is 2. The Morgan fingerprint density at radius 1 is 0.900 bits per heavy atom. The fourth-order valence-corrected chi connectivity index (χ4v) is 1.75. The van der Waals surface area contributed by atoms with Gasteiger partial charge >= 0.3 is 6.18 Å². The molecule has 0 fully saturated rings. The predicted molar refractivity (Wildman–Crippen MR) is 68.5 cm³/mol. The van der Waals surface area contributed by atoms with Crippen LogP contribution in [0, 0.1) is 0 Å². The summed E-state index contributed by atoms with van der Waals surface area (Å²) in [4.78, 5) is 11.3. The summed E-state index contributed by atoms with van der Waals surface area (Å²) in [5, 5.41) is 0. The van der Waals surface area contributed by atoms with E-state index in [-0.39, 0.29) is 0 Å². The van der Waals surface area contributed by atoms with Crippen molar-refractivity contribution in [3.05, 3.63) is 59.7 Å². The van der Waals surface area contributed by atoms with Gasteiger partial charge in [0.05, 0.1) is 5.56 Å². The van der Waals surface area contributed by atoms with E-state index in [1.807, 2.05) is 5.43 Å². The number of nitrogens with one attached hydrogen (secondary N) is 1. The van der Waals surface area contributed by atoms with Crippen LogP contribution in [0.3, 0.4) is 0 Å². The zero-order chi connectivity index (χ0) is 14.8. The summed E-state index contributed by atoms with van der Waals surface area (Å²) in [7, 11) is 0. The molecule has 20 heavy (non-hydrogen) atoms. The first-order valence-corrected chi connectivity index (χ1v) is 5.70. The average molecular weight is 280 g/mol. The minimum atomic E-state index is -4.35. The average Bonchev–Trinajstić information content (AvgIpc) is 2.46. The Bertz CT molecular complexity index is 604. The summed E-state index contributed by atoms with van der Waals surface area (Å²) < 4.78 is 37.3. The second kappa shape index (κ2) is 5.34. The molecule has 3 nitrogen and oxygen atoms in total. The molecule has 0 saturated heterocycles. The third-order valence-electron chi connectivity index (χ3n) is 2.82. The van der Waals surface area contributed by atoms with Crippen molar-refractivity contribution in [1.82, 2.24) is 5.43 Å². The maximum absolute atomic E-state index is 12.4. The highest BCUT2D eigenvalue weighted by molar-refractivity contribution is 5.94. The van der Waals surface area contributed by atoms with Gasteiger partial charge in [0.2, 0.25) is 0 Å². The van der Waals surface area contributed by atoms with Crippen LogP contribution in [0.4, 0.5) is 13.2 Å². The number of carbonyl (C=O) groups is 1. The summed E-state index contributed by atoms with van der Waals surface area (Å²) >= 11 is 0. The van der Waals surface area contributed by atoms with Crippen molar-refractivity contribution in [2.24, 2.45) is 5.84 Å². The first-order valence-electron chi connectivity index (χ1n) is 5.70. The van der Waals surface area contributed by atoms with E-state index >= 15 is 0 Å². The van der Waals surface area contributed by atoms with E-state index in [4.69, 9.17) is 5.84 Å². The molecule has 0 saturated carbocycles. The molecule has 3 N–H and O–H groups in total. The third-order valence-corrected chi connectivity index (χ3v) is 2.82. The number of nitrogen functional groups attached to an aromatic ring is 1. The van der Waals surface area contributed by atoms with Crippen molar-refractivity contribution < 1.29 is 18.0 Å². The fraction of sp³-hybridized carbons (Fsp3) is 0.0714. The van der Waals surface area contributed by atoms with Crippen molar-refractivity contribution >= 4 is 5.91 Å². The minimum absolute atomic E-state index is 0.378. The first-order chi connectivity index (χ1) is 9.41. The molecule has 104 valence electrons. The molecule has 0 heterocycles.